The molecule has 0 unspecified atom stereocenters. The molecule has 6 nitrogen and oxygen atoms in total. The Bertz CT molecular complexity index is 673. The fraction of sp³-hybridized carbons (Fsp3) is 0.412. The Morgan fingerprint density at radius 1 is 1.12 bits per heavy atom. The first-order chi connectivity index (χ1) is 11.6. The van der Waals surface area contributed by atoms with Crippen LogP contribution in [0.25, 0.3) is 0 Å². The average Bonchev–Trinajstić information content (AvgIpc) is 3.00. The van der Waals surface area contributed by atoms with Crippen molar-refractivity contribution >= 4 is 17.4 Å². The van der Waals surface area contributed by atoms with Crippen LogP contribution in [0, 0.1) is 6.92 Å². The molecule has 0 aliphatic rings. The summed E-state index contributed by atoms with van der Waals surface area (Å²) < 4.78 is 10.5. The number of hydrogen-bond donors (Lipinski definition) is 2. The van der Waals surface area contributed by atoms with Gasteiger partial charge in [-0.3, -0.25) is 0 Å². The van der Waals surface area contributed by atoms with Gasteiger partial charge in [0.1, 0.15) is 0 Å². The number of rotatable bonds is 8. The minimum Gasteiger partial charge on any atom is -0.493 e. The monoisotopic (exact) mass is 349 g/mol. The summed E-state index contributed by atoms with van der Waals surface area (Å²) in [7, 11) is 3.22. The van der Waals surface area contributed by atoms with E-state index in [1.165, 1.54) is 0 Å². The lowest BCUT2D eigenvalue weighted by molar-refractivity contribution is 0.241. The number of ether oxygens (including phenoxy) is 2. The molecule has 0 atom stereocenters. The van der Waals surface area contributed by atoms with Gasteiger partial charge in [0.05, 0.1) is 24.9 Å². The molecule has 24 heavy (non-hydrogen) atoms. The molecule has 1 aromatic carbocycles. The predicted octanol–water partition coefficient (Wildman–Crippen LogP) is 2.55. The second-order valence-corrected chi connectivity index (χ2v) is 6.29. The number of hydrogen-bond acceptors (Lipinski definition) is 5. The van der Waals surface area contributed by atoms with E-state index in [9.17, 15) is 4.79 Å². The maximum absolute atomic E-state index is 11.8. The van der Waals surface area contributed by atoms with Crippen molar-refractivity contribution in [3.63, 3.8) is 0 Å². The molecular weight excluding hydrogens is 326 g/mol. The van der Waals surface area contributed by atoms with Crippen LogP contribution in [-0.4, -0.2) is 38.3 Å². The van der Waals surface area contributed by atoms with Crippen molar-refractivity contribution < 1.29 is 14.3 Å². The number of benzene rings is 1. The molecule has 0 saturated heterocycles. The maximum Gasteiger partial charge on any atom is 0.314 e. The first kappa shape index (κ1) is 18.1. The number of carbonyl (C=O) groups excluding carboxylic acids is 1. The summed E-state index contributed by atoms with van der Waals surface area (Å²) in [5.41, 5.74) is 2.09. The topological polar surface area (TPSA) is 72.5 Å². The number of carbonyl (C=O) groups is 1. The molecule has 1 heterocycles. The van der Waals surface area contributed by atoms with Gasteiger partial charge < -0.3 is 20.1 Å². The summed E-state index contributed by atoms with van der Waals surface area (Å²) in [6.07, 6.45) is 1.46. The maximum atomic E-state index is 11.8. The fourth-order valence-corrected chi connectivity index (χ4v) is 2.89. The van der Waals surface area contributed by atoms with Gasteiger partial charge in [-0.25, -0.2) is 9.78 Å². The molecule has 0 saturated carbocycles. The highest BCUT2D eigenvalue weighted by atomic mass is 32.1. The highest BCUT2D eigenvalue weighted by molar-refractivity contribution is 7.09. The SMILES string of the molecule is COc1ccc(CCNC(=O)NCCc2csc(C)n2)cc1OC. The number of nitrogens with zero attached hydrogens (tertiary/aromatic N) is 1. The van der Waals surface area contributed by atoms with Gasteiger partial charge in [0, 0.05) is 24.9 Å². The van der Waals surface area contributed by atoms with E-state index < -0.39 is 0 Å². The van der Waals surface area contributed by atoms with E-state index in [2.05, 4.69) is 15.6 Å². The molecule has 2 N–H and O–H groups in total. The fourth-order valence-electron chi connectivity index (χ4n) is 2.25. The third-order valence-electron chi connectivity index (χ3n) is 3.48. The van der Waals surface area contributed by atoms with E-state index in [-0.39, 0.29) is 6.03 Å². The molecule has 0 spiro atoms. The number of aryl methyl sites for hydroxylation is 1. The quantitative estimate of drug-likeness (QED) is 0.768. The highest BCUT2D eigenvalue weighted by Crippen LogP contribution is 2.27. The molecule has 0 bridgehead atoms. The van der Waals surface area contributed by atoms with E-state index in [1.807, 2.05) is 30.5 Å². The lowest BCUT2D eigenvalue weighted by Crippen LogP contribution is -2.37. The minimum absolute atomic E-state index is 0.164. The van der Waals surface area contributed by atoms with Crippen LogP contribution in [0.5, 0.6) is 11.5 Å². The standard InChI is InChI=1S/C17H23N3O3S/c1-12-20-14(11-24-12)7-9-19-17(21)18-8-6-13-4-5-15(22-2)16(10-13)23-3/h4-5,10-11H,6-9H2,1-3H3,(H2,18,19,21). The first-order valence-electron chi connectivity index (χ1n) is 7.76. The van der Waals surface area contributed by atoms with Crippen LogP contribution in [0.15, 0.2) is 23.6 Å². The van der Waals surface area contributed by atoms with Crippen LogP contribution in [-0.2, 0) is 12.8 Å². The zero-order valence-corrected chi connectivity index (χ0v) is 15.0. The second-order valence-electron chi connectivity index (χ2n) is 5.23. The van der Waals surface area contributed by atoms with Crippen LogP contribution in [0.4, 0.5) is 4.79 Å². The van der Waals surface area contributed by atoms with Gasteiger partial charge in [-0.15, -0.1) is 11.3 Å². The normalized spacial score (nSPS) is 10.3. The zero-order valence-electron chi connectivity index (χ0n) is 14.2. The summed E-state index contributed by atoms with van der Waals surface area (Å²) in [5, 5.41) is 8.75. The number of methoxy groups -OCH3 is 2. The molecular formula is C17H23N3O3S. The largest absolute Gasteiger partial charge is 0.493 e. The third-order valence-corrected chi connectivity index (χ3v) is 4.30. The van der Waals surface area contributed by atoms with Crippen molar-refractivity contribution in [2.24, 2.45) is 0 Å². The lowest BCUT2D eigenvalue weighted by Gasteiger charge is -2.10. The van der Waals surface area contributed by atoms with Crippen LogP contribution in [0.2, 0.25) is 0 Å². The molecule has 2 amide bonds. The number of thiazole rings is 1. The number of amides is 2. The molecule has 2 aromatic rings. The second kappa shape index (κ2) is 9.12. The van der Waals surface area contributed by atoms with Gasteiger partial charge in [0.2, 0.25) is 0 Å². The molecule has 0 radical (unpaired) electrons. The van der Waals surface area contributed by atoms with Gasteiger partial charge in [-0.1, -0.05) is 6.07 Å². The van der Waals surface area contributed by atoms with E-state index in [1.54, 1.807) is 25.6 Å². The van der Waals surface area contributed by atoms with E-state index in [0.717, 1.165) is 29.1 Å². The van der Waals surface area contributed by atoms with Gasteiger partial charge in [-0.05, 0) is 31.0 Å². The van der Waals surface area contributed by atoms with E-state index in [0.29, 0.717) is 24.6 Å². The van der Waals surface area contributed by atoms with Crippen LogP contribution in [0.3, 0.4) is 0 Å². The molecule has 0 fully saturated rings. The molecule has 2 rings (SSSR count). The van der Waals surface area contributed by atoms with Crippen LogP contribution >= 0.6 is 11.3 Å². The Kier molecular flexibility index (Phi) is 6.87. The predicted molar refractivity (Wildman–Crippen MR) is 95.2 cm³/mol. The van der Waals surface area contributed by atoms with Gasteiger partial charge in [0.15, 0.2) is 11.5 Å². The lowest BCUT2D eigenvalue weighted by atomic mass is 10.1. The smallest absolute Gasteiger partial charge is 0.314 e. The zero-order chi connectivity index (χ0) is 17.4. The van der Waals surface area contributed by atoms with Crippen molar-refractivity contribution in [3.8, 4) is 11.5 Å². The molecule has 0 aliphatic carbocycles. The number of urea groups is 1. The summed E-state index contributed by atoms with van der Waals surface area (Å²) in [5.74, 6) is 1.39. The Morgan fingerprint density at radius 2 is 1.83 bits per heavy atom. The molecule has 7 heteroatoms. The summed E-state index contributed by atoms with van der Waals surface area (Å²) in [6.45, 7) is 3.10. The Hall–Kier alpha value is -2.28. The molecule has 130 valence electrons. The Labute approximate surface area is 146 Å². The third kappa shape index (κ3) is 5.42. The van der Waals surface area contributed by atoms with E-state index >= 15 is 0 Å². The Morgan fingerprint density at radius 3 is 2.46 bits per heavy atom. The van der Waals surface area contributed by atoms with Gasteiger partial charge in [-0.2, -0.15) is 0 Å². The molecule has 0 aliphatic heterocycles. The van der Waals surface area contributed by atoms with Gasteiger partial charge in [0.25, 0.3) is 0 Å². The van der Waals surface area contributed by atoms with Crippen LogP contribution in [0.1, 0.15) is 16.3 Å². The summed E-state index contributed by atoms with van der Waals surface area (Å²) in [6, 6.07) is 5.58. The average molecular weight is 349 g/mol. The summed E-state index contributed by atoms with van der Waals surface area (Å²) in [4.78, 5) is 16.1. The minimum atomic E-state index is -0.164. The summed E-state index contributed by atoms with van der Waals surface area (Å²) >= 11 is 1.62. The van der Waals surface area contributed by atoms with Crippen molar-refractivity contribution in [1.29, 1.82) is 0 Å². The number of nitrogens with one attached hydrogen (secondary N) is 2. The first-order valence-corrected chi connectivity index (χ1v) is 8.64. The highest BCUT2D eigenvalue weighted by Gasteiger charge is 2.05. The van der Waals surface area contributed by atoms with Gasteiger partial charge >= 0.3 is 6.03 Å². The molecule has 1 aromatic heterocycles. The van der Waals surface area contributed by atoms with Crippen molar-refractivity contribution in [2.45, 2.75) is 19.8 Å². The van der Waals surface area contributed by atoms with Crippen molar-refractivity contribution in [3.05, 3.63) is 39.8 Å². The Balaban J connectivity index is 1.68. The van der Waals surface area contributed by atoms with E-state index in [4.69, 9.17) is 9.47 Å². The van der Waals surface area contributed by atoms with Crippen molar-refractivity contribution in [1.82, 2.24) is 15.6 Å². The van der Waals surface area contributed by atoms with Crippen LogP contribution < -0.4 is 20.1 Å². The van der Waals surface area contributed by atoms with Crippen molar-refractivity contribution in [2.75, 3.05) is 27.3 Å². The number of aromatic nitrogens is 1.